The molecule has 1 aromatic carbocycles. The third-order valence-corrected chi connectivity index (χ3v) is 3.93. The molecule has 0 atom stereocenters. The van der Waals surface area contributed by atoms with Crippen molar-refractivity contribution in [3.63, 3.8) is 0 Å². The first-order valence-electron chi connectivity index (χ1n) is 6.39. The lowest BCUT2D eigenvalue weighted by Gasteiger charge is -2.06. The van der Waals surface area contributed by atoms with E-state index in [0.717, 1.165) is 24.0 Å². The second-order valence-electron chi connectivity index (χ2n) is 4.38. The summed E-state index contributed by atoms with van der Waals surface area (Å²) >= 11 is 7.23. The number of benzene rings is 1. The van der Waals surface area contributed by atoms with Crippen molar-refractivity contribution in [3.05, 3.63) is 23.2 Å². The Hall–Kier alpha value is -1.73. The molecule has 3 N–H and O–H groups in total. The number of urea groups is 1. The molecule has 112 valence electrons. The number of aromatic nitrogens is 2. The van der Waals surface area contributed by atoms with Gasteiger partial charge in [-0.3, -0.25) is 10.1 Å². The summed E-state index contributed by atoms with van der Waals surface area (Å²) < 4.78 is 2.04. The van der Waals surface area contributed by atoms with Crippen molar-refractivity contribution < 1.29 is 9.59 Å². The van der Waals surface area contributed by atoms with Gasteiger partial charge in [0.25, 0.3) is 0 Å². The molecule has 0 bridgehead atoms. The monoisotopic (exact) mass is 326 g/mol. The zero-order valence-corrected chi connectivity index (χ0v) is 13.0. The smallest absolute Gasteiger partial charge is 0.318 e. The molecule has 0 radical (unpaired) electrons. The van der Waals surface area contributed by atoms with Gasteiger partial charge >= 0.3 is 6.03 Å². The number of hydrogen-bond acceptors (Lipinski definition) is 4. The Labute approximate surface area is 131 Å². The fourth-order valence-electron chi connectivity index (χ4n) is 1.93. The molecule has 2 aromatic rings. The van der Waals surface area contributed by atoms with Crippen molar-refractivity contribution in [1.29, 1.82) is 0 Å². The number of nitrogens with two attached hydrogens (primary N) is 1. The Bertz CT molecular complexity index is 686. The highest BCUT2D eigenvalue weighted by molar-refractivity contribution is 7.99. The maximum atomic E-state index is 11.5. The highest BCUT2D eigenvalue weighted by Gasteiger charge is 2.13. The Balaban J connectivity index is 2.23. The summed E-state index contributed by atoms with van der Waals surface area (Å²) in [6.07, 6.45) is 0.940. The first-order chi connectivity index (χ1) is 10.0. The molecule has 2 rings (SSSR count). The van der Waals surface area contributed by atoms with Gasteiger partial charge in [0.15, 0.2) is 5.16 Å². The first kappa shape index (κ1) is 15.7. The highest BCUT2D eigenvalue weighted by Crippen LogP contribution is 2.26. The van der Waals surface area contributed by atoms with Gasteiger partial charge in [-0.15, -0.1) is 0 Å². The summed E-state index contributed by atoms with van der Waals surface area (Å²) in [5.74, 6) is -0.371. The molecule has 0 spiro atoms. The Kier molecular flexibility index (Phi) is 5.08. The van der Waals surface area contributed by atoms with E-state index in [-0.39, 0.29) is 5.75 Å². The van der Waals surface area contributed by atoms with Crippen LogP contribution in [0.1, 0.15) is 13.3 Å². The minimum absolute atomic E-state index is 0.0731. The minimum atomic E-state index is -0.852. The number of imidazole rings is 1. The van der Waals surface area contributed by atoms with E-state index in [4.69, 9.17) is 17.3 Å². The van der Waals surface area contributed by atoms with E-state index in [0.29, 0.717) is 10.2 Å². The van der Waals surface area contributed by atoms with Gasteiger partial charge in [-0.1, -0.05) is 30.3 Å². The SMILES string of the molecule is CCCn1c(SCC(=O)NC(N)=O)nc2cc(Cl)ccc21. The number of nitrogens with one attached hydrogen (secondary N) is 1. The molecule has 0 unspecified atom stereocenters. The molecule has 8 heteroatoms. The van der Waals surface area contributed by atoms with Gasteiger partial charge in [0.05, 0.1) is 16.8 Å². The van der Waals surface area contributed by atoms with Crippen molar-refractivity contribution >= 4 is 46.3 Å². The van der Waals surface area contributed by atoms with Crippen molar-refractivity contribution in [3.8, 4) is 0 Å². The van der Waals surface area contributed by atoms with Crippen molar-refractivity contribution in [1.82, 2.24) is 14.9 Å². The molecule has 1 heterocycles. The van der Waals surface area contributed by atoms with Crippen LogP contribution >= 0.6 is 23.4 Å². The standard InChI is InChI=1S/C13H15ClN4O2S/c1-2-5-18-10-4-3-8(14)6-9(10)16-13(18)21-7-11(19)17-12(15)20/h3-4,6H,2,5,7H2,1H3,(H3,15,17,19,20). The Morgan fingerprint density at radius 2 is 2.24 bits per heavy atom. The summed E-state index contributed by atoms with van der Waals surface area (Å²) in [4.78, 5) is 26.6. The van der Waals surface area contributed by atoms with Crippen LogP contribution in [0, 0.1) is 0 Å². The lowest BCUT2D eigenvalue weighted by molar-refractivity contribution is -0.117. The predicted octanol–water partition coefficient (Wildman–Crippen LogP) is 2.39. The molecule has 3 amide bonds. The minimum Gasteiger partial charge on any atom is -0.351 e. The van der Waals surface area contributed by atoms with E-state index in [1.807, 2.05) is 22.0 Å². The molecular formula is C13H15ClN4O2S. The summed E-state index contributed by atoms with van der Waals surface area (Å²) in [6, 6.07) is 4.66. The fraction of sp³-hybridized carbons (Fsp3) is 0.308. The van der Waals surface area contributed by atoms with Crippen LogP contribution in [0.3, 0.4) is 0 Å². The van der Waals surface area contributed by atoms with Crippen LogP contribution in [0.5, 0.6) is 0 Å². The van der Waals surface area contributed by atoms with Crippen molar-refractivity contribution in [2.24, 2.45) is 5.73 Å². The fourth-order valence-corrected chi connectivity index (χ4v) is 2.94. The van der Waals surface area contributed by atoms with Gasteiger partial charge in [-0.25, -0.2) is 9.78 Å². The van der Waals surface area contributed by atoms with Crippen LogP contribution in [0.2, 0.25) is 5.02 Å². The van der Waals surface area contributed by atoms with Gasteiger partial charge in [0, 0.05) is 11.6 Å². The number of primary amides is 1. The van der Waals surface area contributed by atoms with E-state index >= 15 is 0 Å². The molecule has 0 aliphatic carbocycles. The van der Waals surface area contributed by atoms with Crippen LogP contribution in [-0.2, 0) is 11.3 Å². The number of hydrogen-bond donors (Lipinski definition) is 2. The molecule has 21 heavy (non-hydrogen) atoms. The predicted molar refractivity (Wildman–Crippen MR) is 83.5 cm³/mol. The highest BCUT2D eigenvalue weighted by atomic mass is 35.5. The van der Waals surface area contributed by atoms with Crippen LogP contribution < -0.4 is 11.1 Å². The normalized spacial score (nSPS) is 10.8. The third-order valence-electron chi connectivity index (χ3n) is 2.72. The molecular weight excluding hydrogens is 312 g/mol. The largest absolute Gasteiger partial charge is 0.351 e. The summed E-state index contributed by atoms with van der Waals surface area (Å²) in [7, 11) is 0. The topological polar surface area (TPSA) is 90.0 Å². The second kappa shape index (κ2) is 6.82. The molecule has 0 aliphatic heterocycles. The van der Waals surface area contributed by atoms with Gasteiger partial charge in [0.2, 0.25) is 5.91 Å². The molecule has 0 aliphatic rings. The molecule has 0 saturated carbocycles. The number of thioether (sulfide) groups is 1. The summed E-state index contributed by atoms with van der Waals surface area (Å²) in [5.41, 5.74) is 6.66. The number of nitrogens with zero attached hydrogens (tertiary/aromatic N) is 2. The average molecular weight is 327 g/mol. The van der Waals surface area contributed by atoms with E-state index in [1.165, 1.54) is 11.8 Å². The maximum Gasteiger partial charge on any atom is 0.318 e. The number of halogens is 1. The number of imide groups is 1. The zero-order valence-electron chi connectivity index (χ0n) is 11.4. The Morgan fingerprint density at radius 3 is 2.90 bits per heavy atom. The van der Waals surface area contributed by atoms with E-state index in [1.54, 1.807) is 6.07 Å². The summed E-state index contributed by atoms with van der Waals surface area (Å²) in [6.45, 7) is 2.86. The van der Waals surface area contributed by atoms with Gasteiger partial charge in [-0.05, 0) is 24.6 Å². The molecule has 1 aromatic heterocycles. The number of aryl methyl sites for hydroxylation is 1. The lowest BCUT2D eigenvalue weighted by atomic mass is 10.3. The van der Waals surface area contributed by atoms with Gasteiger partial charge in [-0.2, -0.15) is 0 Å². The zero-order chi connectivity index (χ0) is 15.4. The quantitative estimate of drug-likeness (QED) is 0.825. The first-order valence-corrected chi connectivity index (χ1v) is 7.75. The molecule has 6 nitrogen and oxygen atoms in total. The number of carbonyl (C=O) groups is 2. The number of rotatable bonds is 5. The number of carbonyl (C=O) groups excluding carboxylic acids is 2. The summed E-state index contributed by atoms with van der Waals surface area (Å²) in [5, 5.41) is 3.36. The van der Waals surface area contributed by atoms with Crippen molar-refractivity contribution in [2.75, 3.05) is 5.75 Å². The maximum absolute atomic E-state index is 11.5. The third kappa shape index (κ3) is 3.89. The Morgan fingerprint density at radius 1 is 1.48 bits per heavy atom. The number of fused-ring (bicyclic) bond motifs is 1. The number of amides is 3. The van der Waals surface area contributed by atoms with E-state index < -0.39 is 11.9 Å². The van der Waals surface area contributed by atoms with Crippen LogP contribution in [0.4, 0.5) is 4.79 Å². The van der Waals surface area contributed by atoms with Crippen LogP contribution in [-0.4, -0.2) is 27.2 Å². The van der Waals surface area contributed by atoms with Crippen LogP contribution in [0.15, 0.2) is 23.4 Å². The van der Waals surface area contributed by atoms with E-state index in [9.17, 15) is 9.59 Å². The van der Waals surface area contributed by atoms with Gasteiger partial charge < -0.3 is 10.3 Å². The average Bonchev–Trinajstić information content (AvgIpc) is 2.73. The van der Waals surface area contributed by atoms with E-state index in [2.05, 4.69) is 11.9 Å². The molecule has 0 fully saturated rings. The van der Waals surface area contributed by atoms with Crippen molar-refractivity contribution in [2.45, 2.75) is 25.0 Å². The second-order valence-corrected chi connectivity index (χ2v) is 5.76. The molecule has 0 saturated heterocycles. The van der Waals surface area contributed by atoms with Gasteiger partial charge in [0.1, 0.15) is 0 Å². The lowest BCUT2D eigenvalue weighted by Crippen LogP contribution is -2.36. The van der Waals surface area contributed by atoms with Crippen LogP contribution in [0.25, 0.3) is 11.0 Å².